The lowest BCUT2D eigenvalue weighted by Gasteiger charge is -2.32. The highest BCUT2D eigenvalue weighted by Gasteiger charge is 2.26. The second-order valence-corrected chi connectivity index (χ2v) is 6.66. The maximum absolute atomic E-state index is 12.6. The smallest absolute Gasteiger partial charge is 0.325 e. The molecule has 1 saturated heterocycles. The van der Waals surface area contributed by atoms with Gasteiger partial charge in [-0.05, 0) is 30.0 Å². The van der Waals surface area contributed by atoms with E-state index in [1.54, 1.807) is 6.20 Å². The molecule has 1 amide bonds. The Balaban J connectivity index is 1.60. The molecule has 3 rings (SSSR count). The van der Waals surface area contributed by atoms with Crippen molar-refractivity contribution in [3.05, 3.63) is 53.3 Å². The molecule has 0 aliphatic carbocycles. The molecule has 0 bridgehead atoms. The van der Waals surface area contributed by atoms with Crippen LogP contribution in [0.4, 0.5) is 0 Å². The summed E-state index contributed by atoms with van der Waals surface area (Å²) >= 11 is 0. The molecular formula is C19H23N3O4. The number of aliphatic hydroxyl groups is 1. The minimum absolute atomic E-state index is 0.00342. The van der Waals surface area contributed by atoms with Crippen molar-refractivity contribution in [3.63, 3.8) is 0 Å². The second-order valence-electron chi connectivity index (χ2n) is 6.66. The number of likely N-dealkylation sites (tertiary alicyclic amines) is 1. The average Bonchev–Trinajstić information content (AvgIpc) is 3.10. The number of carbonyl (C=O) groups excluding carboxylic acids is 1. The van der Waals surface area contributed by atoms with E-state index < -0.39 is 5.97 Å². The van der Waals surface area contributed by atoms with Crippen LogP contribution in [0.2, 0.25) is 0 Å². The standard InChI is InChI=1S/C19H23N3O4/c23-13-15-5-3-14(4-6-15)10-18(24)21-8-1-2-16(11-21)17-7-9-22(20-17)12-19(25)26/h3-7,9,16,23H,1-2,8,10-13H2,(H,25,26)/t16-/m0/s1. The molecule has 1 fully saturated rings. The quantitative estimate of drug-likeness (QED) is 0.815. The third-order valence-corrected chi connectivity index (χ3v) is 4.71. The van der Waals surface area contributed by atoms with Gasteiger partial charge in [0, 0.05) is 25.2 Å². The third-order valence-electron chi connectivity index (χ3n) is 4.71. The van der Waals surface area contributed by atoms with Crippen LogP contribution in [0.15, 0.2) is 36.5 Å². The van der Waals surface area contributed by atoms with Gasteiger partial charge in [0.05, 0.1) is 18.7 Å². The zero-order valence-electron chi connectivity index (χ0n) is 14.5. The van der Waals surface area contributed by atoms with E-state index in [9.17, 15) is 9.59 Å². The number of benzene rings is 1. The number of rotatable bonds is 6. The fourth-order valence-corrected chi connectivity index (χ4v) is 3.32. The van der Waals surface area contributed by atoms with E-state index in [1.165, 1.54) is 4.68 Å². The third kappa shape index (κ3) is 4.49. The molecule has 1 atom stereocenters. The van der Waals surface area contributed by atoms with E-state index in [1.807, 2.05) is 35.2 Å². The summed E-state index contributed by atoms with van der Waals surface area (Å²) in [5.74, 6) is -0.705. The number of carboxylic acid groups (broad SMARTS) is 1. The molecule has 26 heavy (non-hydrogen) atoms. The molecule has 1 aliphatic rings. The van der Waals surface area contributed by atoms with Crippen LogP contribution < -0.4 is 0 Å². The van der Waals surface area contributed by atoms with Crippen molar-refractivity contribution in [2.75, 3.05) is 13.1 Å². The van der Waals surface area contributed by atoms with E-state index in [0.717, 1.165) is 36.2 Å². The van der Waals surface area contributed by atoms with Gasteiger partial charge in [-0.25, -0.2) is 0 Å². The topological polar surface area (TPSA) is 95.7 Å². The number of piperidine rings is 1. The van der Waals surface area contributed by atoms with Gasteiger partial charge in [0.2, 0.25) is 5.91 Å². The first-order chi connectivity index (χ1) is 12.5. The van der Waals surface area contributed by atoms with Crippen molar-refractivity contribution >= 4 is 11.9 Å². The Morgan fingerprint density at radius 3 is 2.58 bits per heavy atom. The van der Waals surface area contributed by atoms with Crippen LogP contribution in [0.1, 0.15) is 35.6 Å². The van der Waals surface area contributed by atoms with Gasteiger partial charge in [-0.3, -0.25) is 14.3 Å². The Kier molecular flexibility index (Phi) is 5.68. The minimum Gasteiger partial charge on any atom is -0.480 e. The minimum atomic E-state index is -0.924. The highest BCUT2D eigenvalue weighted by Crippen LogP contribution is 2.26. The van der Waals surface area contributed by atoms with Gasteiger partial charge in [-0.1, -0.05) is 24.3 Å². The van der Waals surface area contributed by atoms with Crippen molar-refractivity contribution in [1.82, 2.24) is 14.7 Å². The Bertz CT molecular complexity index is 769. The van der Waals surface area contributed by atoms with Crippen molar-refractivity contribution in [1.29, 1.82) is 0 Å². The largest absolute Gasteiger partial charge is 0.480 e. The average molecular weight is 357 g/mol. The molecule has 0 radical (unpaired) electrons. The number of carboxylic acids is 1. The van der Waals surface area contributed by atoms with Crippen LogP contribution in [0.3, 0.4) is 0 Å². The highest BCUT2D eigenvalue weighted by molar-refractivity contribution is 5.79. The Morgan fingerprint density at radius 2 is 1.88 bits per heavy atom. The van der Waals surface area contributed by atoms with Crippen molar-refractivity contribution < 1.29 is 19.8 Å². The first-order valence-corrected chi connectivity index (χ1v) is 8.76. The maximum atomic E-state index is 12.6. The van der Waals surface area contributed by atoms with Crippen molar-refractivity contribution in [2.45, 2.75) is 38.3 Å². The molecule has 2 N–H and O–H groups in total. The summed E-state index contributed by atoms with van der Waals surface area (Å²) in [6.07, 6.45) is 3.86. The molecule has 7 nitrogen and oxygen atoms in total. The molecule has 0 spiro atoms. The van der Waals surface area contributed by atoms with Crippen LogP contribution in [0.25, 0.3) is 0 Å². The molecule has 0 saturated carbocycles. The number of aliphatic hydroxyl groups excluding tert-OH is 1. The van der Waals surface area contributed by atoms with E-state index in [0.29, 0.717) is 13.0 Å². The van der Waals surface area contributed by atoms with Gasteiger partial charge in [0.1, 0.15) is 6.54 Å². The number of aromatic nitrogens is 2. The zero-order chi connectivity index (χ0) is 18.5. The number of carbonyl (C=O) groups is 2. The molecule has 0 unspecified atom stereocenters. The van der Waals surface area contributed by atoms with Crippen LogP contribution in [0, 0.1) is 0 Å². The lowest BCUT2D eigenvalue weighted by molar-refractivity contribution is -0.138. The molecule has 7 heteroatoms. The summed E-state index contributed by atoms with van der Waals surface area (Å²) in [4.78, 5) is 25.3. The van der Waals surface area contributed by atoms with Crippen LogP contribution >= 0.6 is 0 Å². The van der Waals surface area contributed by atoms with E-state index in [2.05, 4.69) is 5.10 Å². The van der Waals surface area contributed by atoms with Crippen molar-refractivity contribution in [2.24, 2.45) is 0 Å². The van der Waals surface area contributed by atoms with Gasteiger partial charge in [0.15, 0.2) is 0 Å². The lowest BCUT2D eigenvalue weighted by Crippen LogP contribution is -2.40. The Hall–Kier alpha value is -2.67. The molecule has 2 aromatic rings. The Labute approximate surface area is 151 Å². The highest BCUT2D eigenvalue weighted by atomic mass is 16.4. The Morgan fingerprint density at radius 1 is 1.15 bits per heavy atom. The summed E-state index contributed by atoms with van der Waals surface area (Å²) in [7, 11) is 0. The first kappa shape index (κ1) is 18.1. The number of amides is 1. The molecule has 2 heterocycles. The first-order valence-electron chi connectivity index (χ1n) is 8.76. The predicted octanol–water partition coefficient (Wildman–Crippen LogP) is 1.41. The number of hydrogen-bond donors (Lipinski definition) is 2. The lowest BCUT2D eigenvalue weighted by atomic mass is 9.94. The summed E-state index contributed by atoms with van der Waals surface area (Å²) in [5, 5.41) is 22.3. The van der Waals surface area contributed by atoms with Gasteiger partial charge >= 0.3 is 5.97 Å². The molecule has 1 aromatic carbocycles. The van der Waals surface area contributed by atoms with Gasteiger partial charge in [-0.2, -0.15) is 5.10 Å². The zero-order valence-corrected chi connectivity index (χ0v) is 14.5. The fraction of sp³-hybridized carbons (Fsp3) is 0.421. The van der Waals surface area contributed by atoms with Crippen LogP contribution in [-0.4, -0.2) is 49.9 Å². The molecule has 138 valence electrons. The molecular weight excluding hydrogens is 334 g/mol. The number of nitrogens with zero attached hydrogens (tertiary/aromatic N) is 3. The van der Waals surface area contributed by atoms with Crippen molar-refractivity contribution in [3.8, 4) is 0 Å². The maximum Gasteiger partial charge on any atom is 0.325 e. The van der Waals surface area contributed by atoms with Gasteiger partial charge in [-0.15, -0.1) is 0 Å². The summed E-state index contributed by atoms with van der Waals surface area (Å²) in [5.41, 5.74) is 2.60. The van der Waals surface area contributed by atoms with Gasteiger partial charge in [0.25, 0.3) is 0 Å². The monoisotopic (exact) mass is 357 g/mol. The number of aliphatic carboxylic acids is 1. The molecule has 1 aromatic heterocycles. The van der Waals surface area contributed by atoms with Crippen LogP contribution in [-0.2, 0) is 29.2 Å². The van der Waals surface area contributed by atoms with E-state index in [-0.39, 0.29) is 25.0 Å². The van der Waals surface area contributed by atoms with E-state index >= 15 is 0 Å². The summed E-state index contributed by atoms with van der Waals surface area (Å²) < 4.78 is 1.42. The predicted molar refractivity (Wildman–Crippen MR) is 94.5 cm³/mol. The normalized spacial score (nSPS) is 17.3. The fourth-order valence-electron chi connectivity index (χ4n) is 3.32. The van der Waals surface area contributed by atoms with Crippen LogP contribution in [0.5, 0.6) is 0 Å². The second kappa shape index (κ2) is 8.14. The number of hydrogen-bond acceptors (Lipinski definition) is 4. The SMILES string of the molecule is O=C(O)Cn1ccc([C@H]2CCCN(C(=O)Cc3ccc(CO)cc3)C2)n1. The summed E-state index contributed by atoms with van der Waals surface area (Å²) in [6, 6.07) is 9.25. The van der Waals surface area contributed by atoms with Gasteiger partial charge < -0.3 is 15.1 Å². The summed E-state index contributed by atoms with van der Waals surface area (Å²) in [6.45, 7) is 1.19. The van der Waals surface area contributed by atoms with E-state index in [4.69, 9.17) is 10.2 Å². The molecule has 1 aliphatic heterocycles.